The lowest BCUT2D eigenvalue weighted by Gasteiger charge is -2.36. The van der Waals surface area contributed by atoms with Crippen LogP contribution < -0.4 is 0 Å². The molecule has 0 aliphatic heterocycles. The topological polar surface area (TPSA) is 54.4 Å². The van der Waals surface area contributed by atoms with Crippen molar-refractivity contribution in [2.75, 3.05) is 27.2 Å². The predicted octanol–water partition coefficient (Wildman–Crippen LogP) is 15.6. The molecule has 322 valence electrons. The number of quaternary nitrogens is 1. The summed E-state index contributed by atoms with van der Waals surface area (Å²) in [6.07, 6.45) is 52.8. The number of carbonyl (C=O) groups is 2. The summed E-state index contributed by atoms with van der Waals surface area (Å²) in [7, 11) is 4.03. The number of carbonyl (C=O) groups excluding carboxylic acids is 2. The second-order valence-corrected chi connectivity index (χ2v) is 18.1. The Labute approximate surface area is 340 Å². The Morgan fingerprint density at radius 3 is 0.759 bits per heavy atom. The van der Waals surface area contributed by atoms with Crippen LogP contribution in [0, 0.1) is 0 Å². The number of unbranched alkanes of at least 4 members (excludes halogenated alkanes) is 36. The van der Waals surface area contributed by atoms with Gasteiger partial charge >= 0.3 is 0 Å². The number of aliphatic hydroxyl groups excluding tert-OH is 1. The van der Waals surface area contributed by atoms with Crippen molar-refractivity contribution in [3.8, 4) is 0 Å². The van der Waals surface area contributed by atoms with E-state index >= 15 is 0 Å². The van der Waals surface area contributed by atoms with Crippen LogP contribution in [0.1, 0.15) is 277 Å². The molecule has 0 aromatic heterocycles. The van der Waals surface area contributed by atoms with Gasteiger partial charge in [-0.15, -0.1) is 0 Å². The highest BCUT2D eigenvalue weighted by atomic mass is 16.3. The van der Waals surface area contributed by atoms with Crippen LogP contribution in [0.2, 0.25) is 0 Å². The molecule has 0 unspecified atom stereocenters. The van der Waals surface area contributed by atoms with E-state index in [1.165, 1.54) is 218 Å². The normalized spacial score (nSPS) is 12.0. The Morgan fingerprint density at radius 1 is 0.352 bits per heavy atom. The number of hydrogen-bond donors (Lipinski definition) is 1. The van der Waals surface area contributed by atoms with Crippen molar-refractivity contribution in [1.82, 2.24) is 0 Å². The summed E-state index contributed by atoms with van der Waals surface area (Å²) in [5.41, 5.74) is 0. The molecule has 0 fully saturated rings. The summed E-state index contributed by atoms with van der Waals surface area (Å²) in [5, 5.41) is 9.46. The highest BCUT2D eigenvalue weighted by molar-refractivity contribution is 6.05. The van der Waals surface area contributed by atoms with Gasteiger partial charge in [0, 0.05) is 25.9 Å². The first-order valence-corrected chi connectivity index (χ1v) is 24.9. The molecule has 0 saturated heterocycles. The summed E-state index contributed by atoms with van der Waals surface area (Å²) in [5.74, 6) is 0.264. The minimum absolute atomic E-state index is 0.107. The minimum atomic E-state index is -0.567. The predicted molar refractivity (Wildman–Crippen MR) is 239 cm³/mol. The molecule has 0 heterocycles. The van der Waals surface area contributed by atoms with Gasteiger partial charge in [0.05, 0.1) is 20.6 Å². The molecule has 0 bridgehead atoms. The van der Waals surface area contributed by atoms with Gasteiger partial charge in [0.15, 0.2) is 11.6 Å². The minimum Gasteiger partial charge on any atom is -0.396 e. The number of likely N-dealkylation sites (N-methyl/N-ethyl adjacent to an activating group) is 1. The van der Waals surface area contributed by atoms with E-state index in [4.69, 9.17) is 0 Å². The van der Waals surface area contributed by atoms with Crippen molar-refractivity contribution in [3.05, 3.63) is 0 Å². The van der Waals surface area contributed by atoms with Crippen LogP contribution in [0.25, 0.3) is 0 Å². The van der Waals surface area contributed by atoms with Gasteiger partial charge in [0.1, 0.15) is 0 Å². The molecule has 0 atom stereocenters. The molecule has 0 amide bonds. The van der Waals surface area contributed by atoms with Crippen molar-refractivity contribution < 1.29 is 19.2 Å². The lowest BCUT2D eigenvalue weighted by molar-refractivity contribution is -0.897. The van der Waals surface area contributed by atoms with Crippen LogP contribution in [0.15, 0.2) is 0 Å². The van der Waals surface area contributed by atoms with E-state index in [9.17, 15) is 14.7 Å². The third kappa shape index (κ3) is 35.7. The van der Waals surface area contributed by atoms with E-state index in [1.54, 1.807) is 0 Å². The largest absolute Gasteiger partial charge is 0.396 e. The van der Waals surface area contributed by atoms with Crippen molar-refractivity contribution in [2.24, 2.45) is 0 Å². The smallest absolute Gasteiger partial charge is 0.206 e. The lowest BCUT2D eigenvalue weighted by Crippen LogP contribution is -2.57. The number of hydrogen-bond acceptors (Lipinski definition) is 3. The Hall–Kier alpha value is -0.740. The Kier molecular flexibility index (Phi) is 41.3. The van der Waals surface area contributed by atoms with E-state index in [-0.39, 0.29) is 18.2 Å². The standard InChI is InChI=1S/C50H100NO3/c1-5-7-9-11-13-15-17-19-21-23-25-27-29-31-33-35-37-39-41-44-48(53)50(51(3,4)46-43-47-52)49(54)45-42-40-38-36-34-32-30-28-26-24-22-20-18-16-14-12-10-8-6-2/h50,52H,5-47H2,1-4H3/q+1. The van der Waals surface area contributed by atoms with Crippen LogP contribution in [0.4, 0.5) is 0 Å². The van der Waals surface area contributed by atoms with Crippen molar-refractivity contribution in [2.45, 2.75) is 283 Å². The molecule has 4 heteroatoms. The first kappa shape index (κ1) is 53.3. The quantitative estimate of drug-likeness (QED) is 0.0382. The van der Waals surface area contributed by atoms with Gasteiger partial charge in [-0.2, -0.15) is 0 Å². The molecule has 0 aromatic rings. The summed E-state index contributed by atoms with van der Waals surface area (Å²) in [6, 6.07) is -0.567. The highest BCUT2D eigenvalue weighted by Gasteiger charge is 2.39. The lowest BCUT2D eigenvalue weighted by atomic mass is 9.94. The number of nitrogens with zero attached hydrogens (tertiary/aromatic N) is 1. The zero-order valence-corrected chi connectivity index (χ0v) is 37.7. The van der Waals surface area contributed by atoms with Gasteiger partial charge in [-0.3, -0.25) is 9.59 Å². The van der Waals surface area contributed by atoms with Crippen LogP contribution in [0.3, 0.4) is 0 Å². The molecule has 0 spiro atoms. The van der Waals surface area contributed by atoms with Crippen LogP contribution in [-0.4, -0.2) is 54.4 Å². The molecule has 0 aliphatic carbocycles. The maximum absolute atomic E-state index is 13.5. The monoisotopic (exact) mass is 763 g/mol. The van der Waals surface area contributed by atoms with E-state index in [2.05, 4.69) is 13.8 Å². The second-order valence-electron chi connectivity index (χ2n) is 18.1. The second kappa shape index (κ2) is 41.9. The zero-order chi connectivity index (χ0) is 39.6. The number of rotatable bonds is 46. The third-order valence-corrected chi connectivity index (χ3v) is 12.3. The maximum Gasteiger partial charge on any atom is 0.206 e. The van der Waals surface area contributed by atoms with Crippen LogP contribution in [-0.2, 0) is 9.59 Å². The van der Waals surface area contributed by atoms with Gasteiger partial charge in [-0.25, -0.2) is 0 Å². The summed E-state index contributed by atoms with van der Waals surface area (Å²) < 4.78 is 0.385. The van der Waals surface area contributed by atoms with E-state index in [1.807, 2.05) is 14.1 Å². The highest BCUT2D eigenvalue weighted by Crippen LogP contribution is 2.20. The number of ketones is 2. The zero-order valence-electron chi connectivity index (χ0n) is 37.7. The number of Topliss-reactive ketones (excluding diaryl/α,β-unsaturated/α-hetero) is 2. The fourth-order valence-corrected chi connectivity index (χ4v) is 8.60. The van der Waals surface area contributed by atoms with Gasteiger partial charge in [-0.1, -0.05) is 245 Å². The average molecular weight is 763 g/mol. The molecule has 0 aliphatic rings. The molecule has 0 saturated carbocycles. The Bertz CT molecular complexity index is 726. The van der Waals surface area contributed by atoms with Gasteiger partial charge in [-0.05, 0) is 12.8 Å². The van der Waals surface area contributed by atoms with Crippen molar-refractivity contribution in [3.63, 3.8) is 0 Å². The Morgan fingerprint density at radius 2 is 0.556 bits per heavy atom. The first-order chi connectivity index (χ1) is 26.4. The van der Waals surface area contributed by atoms with E-state index in [0.29, 0.717) is 30.3 Å². The molecule has 0 rings (SSSR count). The molecular formula is C50H100NO3+. The summed E-state index contributed by atoms with van der Waals surface area (Å²) in [4.78, 5) is 27.0. The molecular weight excluding hydrogens is 663 g/mol. The van der Waals surface area contributed by atoms with Crippen LogP contribution >= 0.6 is 0 Å². The Balaban J connectivity index is 3.95. The maximum atomic E-state index is 13.5. The summed E-state index contributed by atoms with van der Waals surface area (Å²) in [6.45, 7) is 5.35. The number of aliphatic hydroxyl groups is 1. The van der Waals surface area contributed by atoms with E-state index in [0.717, 1.165) is 25.7 Å². The molecule has 0 radical (unpaired) electrons. The third-order valence-electron chi connectivity index (χ3n) is 12.3. The van der Waals surface area contributed by atoms with Crippen molar-refractivity contribution >= 4 is 11.6 Å². The van der Waals surface area contributed by atoms with Crippen molar-refractivity contribution in [1.29, 1.82) is 0 Å². The fraction of sp³-hybridized carbons (Fsp3) is 0.960. The molecule has 54 heavy (non-hydrogen) atoms. The SMILES string of the molecule is CCCCCCCCCCCCCCCCCCCCCC(=O)C(C(=O)CCCCCCCCCCCCCCCCCCCCC)[N+](C)(C)CCCO. The molecule has 1 N–H and O–H groups in total. The van der Waals surface area contributed by atoms with Gasteiger partial charge < -0.3 is 9.59 Å². The van der Waals surface area contributed by atoms with E-state index < -0.39 is 6.04 Å². The van der Waals surface area contributed by atoms with Gasteiger partial charge in [0.25, 0.3) is 0 Å². The molecule has 0 aromatic carbocycles. The van der Waals surface area contributed by atoms with Crippen LogP contribution in [0.5, 0.6) is 0 Å². The average Bonchev–Trinajstić information content (AvgIpc) is 3.15. The summed E-state index contributed by atoms with van der Waals surface area (Å²) >= 11 is 0. The van der Waals surface area contributed by atoms with Gasteiger partial charge in [0.2, 0.25) is 6.04 Å². The molecule has 4 nitrogen and oxygen atoms in total. The fourth-order valence-electron chi connectivity index (χ4n) is 8.60. The first-order valence-electron chi connectivity index (χ1n) is 24.9.